The van der Waals surface area contributed by atoms with Crippen molar-refractivity contribution in [3.8, 4) is 0 Å². The number of amides is 2. The molecule has 0 radical (unpaired) electrons. The second-order valence-electron chi connectivity index (χ2n) is 8.30. The molecule has 2 amide bonds. The van der Waals surface area contributed by atoms with Gasteiger partial charge in [-0.1, -0.05) is 66.4 Å². The number of aryl methyl sites for hydroxylation is 1. The number of thioether (sulfide) groups is 1. The fraction of sp³-hybridized carbons (Fsp3) is 0.440. The van der Waals surface area contributed by atoms with Crippen molar-refractivity contribution in [1.82, 2.24) is 10.2 Å². The molecule has 2 aromatic carbocycles. The van der Waals surface area contributed by atoms with Crippen LogP contribution in [0, 0.1) is 6.92 Å². The monoisotopic (exact) mass is 458 g/mol. The van der Waals surface area contributed by atoms with Gasteiger partial charge in [0, 0.05) is 23.4 Å². The lowest BCUT2D eigenvalue weighted by molar-refractivity contribution is -0.138. The van der Waals surface area contributed by atoms with Crippen LogP contribution in [0.2, 0.25) is 5.02 Å². The molecule has 3 rings (SSSR count). The van der Waals surface area contributed by atoms with Crippen molar-refractivity contribution in [2.24, 2.45) is 0 Å². The molecule has 1 fully saturated rings. The molecule has 1 aliphatic carbocycles. The van der Waals surface area contributed by atoms with Crippen LogP contribution in [-0.4, -0.2) is 34.6 Å². The van der Waals surface area contributed by atoms with E-state index < -0.39 is 6.04 Å². The SMILES string of the molecule is Cc1cccc(CSCC(=O)N(Cc2ccc(Cl)cc2)[C@H](C)C(=O)NC2CCCC2)c1. The first-order valence-electron chi connectivity index (χ1n) is 10.9. The Balaban J connectivity index is 1.64. The minimum atomic E-state index is -0.525. The minimum Gasteiger partial charge on any atom is -0.352 e. The maximum atomic E-state index is 13.2. The maximum Gasteiger partial charge on any atom is 0.242 e. The van der Waals surface area contributed by atoms with Crippen LogP contribution in [0.3, 0.4) is 0 Å². The molecule has 2 aromatic rings. The zero-order valence-corrected chi connectivity index (χ0v) is 19.8. The molecule has 0 saturated heterocycles. The van der Waals surface area contributed by atoms with Crippen LogP contribution in [0.1, 0.15) is 49.3 Å². The number of benzene rings is 2. The van der Waals surface area contributed by atoms with Gasteiger partial charge in [0.1, 0.15) is 6.04 Å². The molecule has 0 unspecified atom stereocenters. The molecule has 1 atom stereocenters. The standard InChI is InChI=1S/C25H31ClN2O2S/c1-18-6-5-7-21(14-18)16-31-17-24(29)28(15-20-10-12-22(26)13-11-20)19(2)25(30)27-23-8-3-4-9-23/h5-7,10-14,19,23H,3-4,8-9,15-17H2,1-2H3,(H,27,30)/t19-/m1/s1. The smallest absolute Gasteiger partial charge is 0.242 e. The molecule has 0 bridgehead atoms. The van der Waals surface area contributed by atoms with Gasteiger partial charge >= 0.3 is 0 Å². The van der Waals surface area contributed by atoms with Gasteiger partial charge in [-0.25, -0.2) is 0 Å². The highest BCUT2D eigenvalue weighted by molar-refractivity contribution is 7.99. The van der Waals surface area contributed by atoms with E-state index in [4.69, 9.17) is 11.6 Å². The molecule has 0 aliphatic heterocycles. The first-order valence-corrected chi connectivity index (χ1v) is 12.4. The lowest BCUT2D eigenvalue weighted by Gasteiger charge is -2.29. The van der Waals surface area contributed by atoms with Crippen molar-refractivity contribution in [3.05, 3.63) is 70.2 Å². The summed E-state index contributed by atoms with van der Waals surface area (Å²) in [6, 6.07) is 15.5. The first-order chi connectivity index (χ1) is 14.9. The number of rotatable bonds is 9. The summed E-state index contributed by atoms with van der Waals surface area (Å²) >= 11 is 7.59. The third kappa shape index (κ3) is 7.29. The van der Waals surface area contributed by atoms with Crippen LogP contribution in [0.5, 0.6) is 0 Å². The largest absolute Gasteiger partial charge is 0.352 e. The molecule has 0 spiro atoms. The van der Waals surface area contributed by atoms with Gasteiger partial charge in [-0.2, -0.15) is 0 Å². The summed E-state index contributed by atoms with van der Waals surface area (Å²) in [5, 5.41) is 3.79. The molecule has 0 heterocycles. The Kier molecular flexibility index (Phi) is 8.85. The highest BCUT2D eigenvalue weighted by Gasteiger charge is 2.28. The number of carbonyl (C=O) groups excluding carboxylic acids is 2. The molecule has 1 saturated carbocycles. The van der Waals surface area contributed by atoms with Gasteiger partial charge in [-0.15, -0.1) is 11.8 Å². The van der Waals surface area contributed by atoms with Crippen molar-refractivity contribution in [3.63, 3.8) is 0 Å². The Morgan fingerprint density at radius 1 is 1.13 bits per heavy atom. The summed E-state index contributed by atoms with van der Waals surface area (Å²) in [7, 11) is 0. The predicted molar refractivity (Wildman–Crippen MR) is 129 cm³/mol. The Labute approximate surface area is 194 Å². The Bertz CT molecular complexity index is 881. The molecule has 4 nitrogen and oxygen atoms in total. The highest BCUT2D eigenvalue weighted by atomic mass is 35.5. The Morgan fingerprint density at radius 2 is 1.84 bits per heavy atom. The molecule has 6 heteroatoms. The summed E-state index contributed by atoms with van der Waals surface area (Å²) in [5.74, 6) is 1.01. The maximum absolute atomic E-state index is 13.2. The zero-order chi connectivity index (χ0) is 22.2. The number of hydrogen-bond donors (Lipinski definition) is 1. The van der Waals surface area contributed by atoms with Crippen LogP contribution in [0.15, 0.2) is 48.5 Å². The topological polar surface area (TPSA) is 49.4 Å². The summed E-state index contributed by atoms with van der Waals surface area (Å²) in [4.78, 5) is 27.7. The van der Waals surface area contributed by atoms with Crippen LogP contribution in [-0.2, 0) is 21.9 Å². The van der Waals surface area contributed by atoms with E-state index in [0.717, 1.165) is 37.0 Å². The number of hydrogen-bond acceptors (Lipinski definition) is 3. The fourth-order valence-corrected chi connectivity index (χ4v) is 4.89. The van der Waals surface area contributed by atoms with Crippen LogP contribution < -0.4 is 5.32 Å². The van der Waals surface area contributed by atoms with E-state index in [2.05, 4.69) is 30.4 Å². The minimum absolute atomic E-state index is 0.0262. The van der Waals surface area contributed by atoms with Gasteiger partial charge < -0.3 is 10.2 Å². The highest BCUT2D eigenvalue weighted by Crippen LogP contribution is 2.20. The fourth-order valence-electron chi connectivity index (χ4n) is 3.90. The Morgan fingerprint density at radius 3 is 2.52 bits per heavy atom. The third-order valence-electron chi connectivity index (χ3n) is 5.71. The van der Waals surface area contributed by atoms with Crippen molar-refractivity contribution in [2.45, 2.75) is 63.9 Å². The molecular weight excluding hydrogens is 428 g/mol. The lowest BCUT2D eigenvalue weighted by atomic mass is 10.1. The third-order valence-corrected chi connectivity index (χ3v) is 6.95. The predicted octanol–water partition coefficient (Wildman–Crippen LogP) is 5.36. The van der Waals surface area contributed by atoms with Crippen molar-refractivity contribution in [2.75, 3.05) is 5.75 Å². The van der Waals surface area contributed by atoms with Crippen LogP contribution in [0.25, 0.3) is 0 Å². The number of carbonyl (C=O) groups is 2. The molecule has 1 aliphatic rings. The second-order valence-corrected chi connectivity index (χ2v) is 9.72. The van der Waals surface area contributed by atoms with Gasteiger partial charge in [0.25, 0.3) is 0 Å². The van der Waals surface area contributed by atoms with Gasteiger partial charge in [0.05, 0.1) is 5.75 Å². The van der Waals surface area contributed by atoms with Crippen molar-refractivity contribution in [1.29, 1.82) is 0 Å². The van der Waals surface area contributed by atoms with Crippen LogP contribution in [0.4, 0.5) is 0 Å². The molecule has 1 N–H and O–H groups in total. The van der Waals surface area contributed by atoms with Gasteiger partial charge in [-0.05, 0) is 49.9 Å². The number of nitrogens with one attached hydrogen (secondary N) is 1. The van der Waals surface area contributed by atoms with Gasteiger partial charge in [0.2, 0.25) is 11.8 Å². The summed E-state index contributed by atoms with van der Waals surface area (Å²) in [6.07, 6.45) is 4.36. The summed E-state index contributed by atoms with van der Waals surface area (Å²) in [5.41, 5.74) is 3.38. The molecular formula is C25H31ClN2O2S. The van der Waals surface area contributed by atoms with E-state index in [1.54, 1.807) is 16.7 Å². The molecule has 31 heavy (non-hydrogen) atoms. The molecule has 166 valence electrons. The van der Waals surface area contributed by atoms with Crippen molar-refractivity contribution >= 4 is 35.2 Å². The van der Waals surface area contributed by atoms with E-state index in [0.29, 0.717) is 17.3 Å². The van der Waals surface area contributed by atoms with E-state index in [9.17, 15) is 9.59 Å². The average molecular weight is 459 g/mol. The van der Waals surface area contributed by atoms with E-state index in [1.165, 1.54) is 11.1 Å². The van der Waals surface area contributed by atoms with E-state index in [1.807, 2.05) is 37.3 Å². The van der Waals surface area contributed by atoms with Crippen molar-refractivity contribution < 1.29 is 9.59 Å². The number of nitrogens with zero attached hydrogens (tertiary/aromatic N) is 1. The summed E-state index contributed by atoms with van der Waals surface area (Å²) < 4.78 is 0. The average Bonchev–Trinajstić information content (AvgIpc) is 3.26. The van der Waals surface area contributed by atoms with Crippen LogP contribution >= 0.6 is 23.4 Å². The Hall–Kier alpha value is -1.98. The summed E-state index contributed by atoms with van der Waals surface area (Å²) in [6.45, 7) is 4.28. The van der Waals surface area contributed by atoms with E-state index >= 15 is 0 Å². The number of halogens is 1. The quantitative estimate of drug-likeness (QED) is 0.550. The van der Waals surface area contributed by atoms with Gasteiger partial charge in [-0.3, -0.25) is 9.59 Å². The zero-order valence-electron chi connectivity index (χ0n) is 18.3. The van der Waals surface area contributed by atoms with E-state index in [-0.39, 0.29) is 17.9 Å². The van der Waals surface area contributed by atoms with Gasteiger partial charge in [0.15, 0.2) is 0 Å². The normalized spacial score (nSPS) is 14.9. The lowest BCUT2D eigenvalue weighted by Crippen LogP contribution is -2.50. The molecule has 0 aromatic heterocycles. The first kappa shape index (κ1) is 23.7. The second kappa shape index (κ2) is 11.6.